The van der Waals surface area contributed by atoms with Gasteiger partial charge in [0.1, 0.15) is 0 Å². The predicted octanol–water partition coefficient (Wildman–Crippen LogP) is 2.37. The average molecular weight is 277 g/mol. The minimum Gasteiger partial charge on any atom is -0.325 e. The third-order valence-electron chi connectivity index (χ3n) is 3.54. The fraction of sp³-hybridized carbons (Fsp3) is 0.500. The van der Waals surface area contributed by atoms with Crippen LogP contribution < -0.4 is 10.6 Å². The van der Waals surface area contributed by atoms with Gasteiger partial charge in [0.15, 0.2) is 0 Å². The molecule has 1 amide bonds. The fourth-order valence-corrected chi connectivity index (χ4v) is 2.42. The number of nitro benzene ring substituents is 1. The zero-order valence-electron chi connectivity index (χ0n) is 11.5. The zero-order chi connectivity index (χ0) is 14.5. The summed E-state index contributed by atoms with van der Waals surface area (Å²) in [6.45, 7) is 2.52. The number of nitrogens with one attached hydrogen (secondary N) is 2. The van der Waals surface area contributed by atoms with E-state index in [0.717, 1.165) is 32.2 Å². The van der Waals surface area contributed by atoms with Crippen molar-refractivity contribution in [3.63, 3.8) is 0 Å². The lowest BCUT2D eigenvalue weighted by atomic mass is 10.1. The first-order valence-electron chi connectivity index (χ1n) is 6.87. The standard InChI is InChI=1S/C14H19N3O3/c1-10-9-11(6-7-13(10)17(19)20)16-14(18)12-5-3-2-4-8-15-12/h6-7,9,12,15H,2-5,8H2,1H3,(H,16,18). The molecule has 6 heteroatoms. The van der Waals surface area contributed by atoms with Gasteiger partial charge in [-0.3, -0.25) is 14.9 Å². The quantitative estimate of drug-likeness (QED) is 0.656. The number of hydrogen-bond donors (Lipinski definition) is 2. The summed E-state index contributed by atoms with van der Waals surface area (Å²) in [5, 5.41) is 16.8. The number of anilines is 1. The largest absolute Gasteiger partial charge is 0.325 e. The van der Waals surface area contributed by atoms with Gasteiger partial charge in [-0.05, 0) is 38.4 Å². The Morgan fingerprint density at radius 1 is 1.40 bits per heavy atom. The van der Waals surface area contributed by atoms with Crippen LogP contribution in [0.2, 0.25) is 0 Å². The highest BCUT2D eigenvalue weighted by molar-refractivity contribution is 5.95. The van der Waals surface area contributed by atoms with Crippen molar-refractivity contribution in [2.45, 2.75) is 38.6 Å². The SMILES string of the molecule is Cc1cc(NC(=O)C2CCCCCN2)ccc1[N+](=O)[O-]. The molecular weight excluding hydrogens is 258 g/mol. The van der Waals surface area contributed by atoms with E-state index in [1.54, 1.807) is 19.1 Å². The number of aryl methyl sites for hydroxylation is 1. The fourth-order valence-electron chi connectivity index (χ4n) is 2.42. The molecule has 6 nitrogen and oxygen atoms in total. The van der Waals surface area contributed by atoms with E-state index in [-0.39, 0.29) is 17.6 Å². The lowest BCUT2D eigenvalue weighted by Crippen LogP contribution is -2.39. The summed E-state index contributed by atoms with van der Waals surface area (Å²) in [6, 6.07) is 4.45. The Kier molecular flexibility index (Phi) is 4.68. The second kappa shape index (κ2) is 6.47. The Balaban J connectivity index is 2.03. The molecule has 0 aliphatic carbocycles. The highest BCUT2D eigenvalue weighted by Gasteiger charge is 2.20. The van der Waals surface area contributed by atoms with Crippen molar-refractivity contribution < 1.29 is 9.72 Å². The van der Waals surface area contributed by atoms with E-state index in [1.165, 1.54) is 6.07 Å². The molecule has 0 spiro atoms. The van der Waals surface area contributed by atoms with E-state index < -0.39 is 4.92 Å². The smallest absolute Gasteiger partial charge is 0.272 e. The van der Waals surface area contributed by atoms with Gasteiger partial charge in [-0.25, -0.2) is 0 Å². The van der Waals surface area contributed by atoms with E-state index in [1.807, 2.05) is 0 Å². The van der Waals surface area contributed by atoms with Gasteiger partial charge < -0.3 is 10.6 Å². The van der Waals surface area contributed by atoms with Crippen LogP contribution in [0.3, 0.4) is 0 Å². The maximum Gasteiger partial charge on any atom is 0.272 e. The number of carbonyl (C=O) groups excluding carboxylic acids is 1. The molecule has 2 rings (SSSR count). The minimum absolute atomic E-state index is 0.0654. The molecule has 1 heterocycles. The van der Waals surface area contributed by atoms with Crippen LogP contribution in [0.1, 0.15) is 31.2 Å². The van der Waals surface area contributed by atoms with Gasteiger partial charge in [0.2, 0.25) is 5.91 Å². The second-order valence-corrected chi connectivity index (χ2v) is 5.10. The molecule has 1 atom stereocenters. The normalized spacial score (nSPS) is 19.1. The molecule has 1 aliphatic rings. The Morgan fingerprint density at radius 3 is 2.90 bits per heavy atom. The van der Waals surface area contributed by atoms with E-state index in [2.05, 4.69) is 10.6 Å². The van der Waals surface area contributed by atoms with Gasteiger partial charge in [0.25, 0.3) is 5.69 Å². The number of nitro groups is 1. The number of hydrogen-bond acceptors (Lipinski definition) is 4. The van der Waals surface area contributed by atoms with Gasteiger partial charge in [-0.2, -0.15) is 0 Å². The van der Waals surface area contributed by atoms with Crippen LogP contribution in [-0.2, 0) is 4.79 Å². The summed E-state index contributed by atoms with van der Waals surface area (Å²) < 4.78 is 0. The number of amides is 1. The summed E-state index contributed by atoms with van der Waals surface area (Å²) in [4.78, 5) is 22.5. The number of carbonyl (C=O) groups is 1. The lowest BCUT2D eigenvalue weighted by molar-refractivity contribution is -0.385. The monoisotopic (exact) mass is 277 g/mol. The molecule has 1 fully saturated rings. The molecule has 0 radical (unpaired) electrons. The summed E-state index contributed by atoms with van der Waals surface area (Å²) in [5.74, 6) is -0.0693. The van der Waals surface area contributed by atoms with E-state index >= 15 is 0 Å². The predicted molar refractivity (Wildman–Crippen MR) is 76.7 cm³/mol. The van der Waals surface area contributed by atoms with Crippen molar-refractivity contribution in [2.75, 3.05) is 11.9 Å². The highest BCUT2D eigenvalue weighted by atomic mass is 16.6. The molecule has 1 aromatic carbocycles. The van der Waals surface area contributed by atoms with Crippen LogP contribution in [0.15, 0.2) is 18.2 Å². The Bertz CT molecular complexity index is 508. The van der Waals surface area contributed by atoms with Gasteiger partial charge in [0, 0.05) is 17.3 Å². The average Bonchev–Trinajstić information content (AvgIpc) is 2.67. The first-order valence-corrected chi connectivity index (χ1v) is 6.87. The third-order valence-corrected chi connectivity index (χ3v) is 3.54. The van der Waals surface area contributed by atoms with Crippen molar-refractivity contribution in [1.82, 2.24) is 5.32 Å². The Hall–Kier alpha value is -1.95. The number of benzene rings is 1. The number of rotatable bonds is 3. The van der Waals surface area contributed by atoms with Gasteiger partial charge in [-0.15, -0.1) is 0 Å². The van der Waals surface area contributed by atoms with Gasteiger partial charge >= 0.3 is 0 Å². The van der Waals surface area contributed by atoms with Crippen molar-refractivity contribution in [2.24, 2.45) is 0 Å². The molecule has 20 heavy (non-hydrogen) atoms. The maximum atomic E-state index is 12.1. The van der Waals surface area contributed by atoms with Gasteiger partial charge in [0.05, 0.1) is 11.0 Å². The minimum atomic E-state index is -0.423. The lowest BCUT2D eigenvalue weighted by Gasteiger charge is -2.15. The summed E-state index contributed by atoms with van der Waals surface area (Å²) in [6.07, 6.45) is 4.12. The molecule has 0 aromatic heterocycles. The van der Waals surface area contributed by atoms with Crippen molar-refractivity contribution in [1.29, 1.82) is 0 Å². The van der Waals surface area contributed by atoms with Crippen LogP contribution in [0.4, 0.5) is 11.4 Å². The first kappa shape index (κ1) is 14.5. The molecule has 2 N–H and O–H groups in total. The third kappa shape index (κ3) is 3.54. The molecule has 0 saturated carbocycles. The second-order valence-electron chi connectivity index (χ2n) is 5.10. The molecule has 1 aliphatic heterocycles. The van der Waals surface area contributed by atoms with Crippen LogP contribution >= 0.6 is 0 Å². The van der Waals surface area contributed by atoms with E-state index in [0.29, 0.717) is 11.3 Å². The topological polar surface area (TPSA) is 84.3 Å². The zero-order valence-corrected chi connectivity index (χ0v) is 11.5. The van der Waals surface area contributed by atoms with Crippen LogP contribution in [0.5, 0.6) is 0 Å². The first-order chi connectivity index (χ1) is 9.58. The summed E-state index contributed by atoms with van der Waals surface area (Å²) in [5.41, 5.74) is 1.21. The van der Waals surface area contributed by atoms with Crippen molar-refractivity contribution >= 4 is 17.3 Å². The van der Waals surface area contributed by atoms with E-state index in [9.17, 15) is 14.9 Å². The van der Waals surface area contributed by atoms with Crippen LogP contribution in [0, 0.1) is 17.0 Å². The molecule has 1 aromatic rings. The van der Waals surface area contributed by atoms with Crippen LogP contribution in [0.25, 0.3) is 0 Å². The van der Waals surface area contributed by atoms with Crippen molar-refractivity contribution in [3.8, 4) is 0 Å². The molecule has 0 bridgehead atoms. The molecule has 1 saturated heterocycles. The molecular formula is C14H19N3O3. The summed E-state index contributed by atoms with van der Waals surface area (Å²) in [7, 11) is 0. The molecule has 1 unspecified atom stereocenters. The Morgan fingerprint density at radius 2 is 2.20 bits per heavy atom. The molecule has 108 valence electrons. The number of nitrogens with zero attached hydrogens (tertiary/aromatic N) is 1. The van der Waals surface area contributed by atoms with Crippen molar-refractivity contribution in [3.05, 3.63) is 33.9 Å². The van der Waals surface area contributed by atoms with Gasteiger partial charge in [-0.1, -0.05) is 12.8 Å². The van der Waals surface area contributed by atoms with Crippen LogP contribution in [-0.4, -0.2) is 23.4 Å². The Labute approximate surface area is 117 Å². The summed E-state index contributed by atoms with van der Waals surface area (Å²) >= 11 is 0. The maximum absolute atomic E-state index is 12.1. The highest BCUT2D eigenvalue weighted by Crippen LogP contribution is 2.22. The van der Waals surface area contributed by atoms with E-state index in [4.69, 9.17) is 0 Å².